The molecular formula is C16H7ClN2O2. The maximum absolute atomic E-state index is 12.5. The molecule has 0 unspecified atom stereocenters. The number of carbonyl (C=O) groups excluding carboxylic acids is 2. The third kappa shape index (κ3) is 1.69. The van der Waals surface area contributed by atoms with E-state index < -0.39 is 0 Å². The Morgan fingerprint density at radius 3 is 1.95 bits per heavy atom. The largest absolute Gasteiger partial charge is 0.287 e. The number of fused-ring (bicyclic) bond motifs is 3. The molecule has 5 heteroatoms. The van der Waals surface area contributed by atoms with Crippen LogP contribution in [-0.2, 0) is 0 Å². The Hall–Kier alpha value is -2.59. The molecule has 2 aromatic carbocycles. The lowest BCUT2D eigenvalue weighted by Gasteiger charge is -2.16. The molecule has 100 valence electrons. The molecule has 0 amide bonds. The van der Waals surface area contributed by atoms with E-state index in [1.807, 2.05) is 0 Å². The quantitative estimate of drug-likeness (QED) is 0.500. The molecule has 1 aliphatic rings. The fourth-order valence-corrected chi connectivity index (χ4v) is 2.64. The molecular weight excluding hydrogens is 288 g/mol. The van der Waals surface area contributed by atoms with Gasteiger partial charge in [0.25, 0.3) is 0 Å². The minimum atomic E-state index is -0.283. The van der Waals surface area contributed by atoms with Gasteiger partial charge in [0.2, 0.25) is 11.6 Å². The van der Waals surface area contributed by atoms with Crippen molar-refractivity contribution in [3.05, 3.63) is 70.0 Å². The first-order valence-corrected chi connectivity index (χ1v) is 6.69. The monoisotopic (exact) mass is 294 g/mol. The van der Waals surface area contributed by atoms with Gasteiger partial charge in [-0.15, -0.1) is 0 Å². The van der Waals surface area contributed by atoms with E-state index in [4.69, 9.17) is 11.6 Å². The molecule has 1 aromatic heterocycles. The fraction of sp³-hybridized carbons (Fsp3) is 0. The highest BCUT2D eigenvalue weighted by Crippen LogP contribution is 2.27. The fourth-order valence-electron chi connectivity index (χ4n) is 2.48. The average molecular weight is 295 g/mol. The first-order chi connectivity index (χ1) is 10.1. The number of hydrogen-bond acceptors (Lipinski definition) is 4. The van der Waals surface area contributed by atoms with Gasteiger partial charge in [0.05, 0.1) is 11.0 Å². The van der Waals surface area contributed by atoms with E-state index in [0.717, 1.165) is 0 Å². The van der Waals surface area contributed by atoms with Crippen LogP contribution in [0.15, 0.2) is 42.5 Å². The van der Waals surface area contributed by atoms with E-state index in [0.29, 0.717) is 27.2 Å². The van der Waals surface area contributed by atoms with Crippen LogP contribution >= 0.6 is 11.6 Å². The van der Waals surface area contributed by atoms with Crippen LogP contribution in [-0.4, -0.2) is 21.5 Å². The third-order valence-electron chi connectivity index (χ3n) is 3.47. The molecule has 0 saturated carbocycles. The van der Waals surface area contributed by atoms with E-state index in [1.165, 1.54) is 0 Å². The van der Waals surface area contributed by atoms with Gasteiger partial charge < -0.3 is 0 Å². The molecule has 0 spiro atoms. The van der Waals surface area contributed by atoms with Crippen molar-refractivity contribution in [2.75, 3.05) is 0 Å². The van der Waals surface area contributed by atoms with Gasteiger partial charge >= 0.3 is 0 Å². The lowest BCUT2D eigenvalue weighted by Crippen LogP contribution is -2.23. The van der Waals surface area contributed by atoms with E-state index in [-0.39, 0.29) is 23.0 Å². The van der Waals surface area contributed by atoms with Crippen LogP contribution < -0.4 is 0 Å². The Kier molecular flexibility index (Phi) is 2.43. The van der Waals surface area contributed by atoms with Crippen molar-refractivity contribution in [1.82, 2.24) is 9.97 Å². The second-order valence-corrected chi connectivity index (χ2v) is 5.19. The van der Waals surface area contributed by atoms with Gasteiger partial charge in [-0.2, -0.15) is 0 Å². The number of benzene rings is 2. The summed E-state index contributed by atoms with van der Waals surface area (Å²) in [6, 6.07) is 11.7. The SMILES string of the molecule is O=C1c2ccccc2C(=O)c2nc3cc(Cl)ccc3nc21. The zero-order valence-electron chi connectivity index (χ0n) is 10.6. The third-order valence-corrected chi connectivity index (χ3v) is 3.71. The number of nitrogens with zero attached hydrogens (tertiary/aromatic N) is 2. The van der Waals surface area contributed by atoms with Gasteiger partial charge in [0.1, 0.15) is 11.4 Å². The lowest BCUT2D eigenvalue weighted by molar-refractivity contribution is 0.0972. The number of halogens is 1. The summed E-state index contributed by atoms with van der Waals surface area (Å²) in [5, 5.41) is 0.506. The zero-order chi connectivity index (χ0) is 14.6. The topological polar surface area (TPSA) is 59.9 Å². The first kappa shape index (κ1) is 12.2. The minimum absolute atomic E-state index is 0.0912. The van der Waals surface area contributed by atoms with Crippen molar-refractivity contribution < 1.29 is 9.59 Å². The molecule has 0 N–H and O–H groups in total. The van der Waals surface area contributed by atoms with E-state index in [2.05, 4.69) is 9.97 Å². The predicted molar refractivity (Wildman–Crippen MR) is 77.9 cm³/mol. The molecule has 1 aliphatic carbocycles. The van der Waals surface area contributed by atoms with Crippen molar-refractivity contribution in [3.8, 4) is 0 Å². The van der Waals surface area contributed by atoms with Gasteiger partial charge in [-0.3, -0.25) is 9.59 Å². The summed E-state index contributed by atoms with van der Waals surface area (Å²) in [6.45, 7) is 0. The average Bonchev–Trinajstić information content (AvgIpc) is 2.51. The number of hydrogen-bond donors (Lipinski definition) is 0. The number of carbonyl (C=O) groups is 2. The Balaban J connectivity index is 2.06. The van der Waals surface area contributed by atoms with Crippen LogP contribution in [0.3, 0.4) is 0 Å². The van der Waals surface area contributed by atoms with Gasteiger partial charge in [-0.25, -0.2) is 9.97 Å². The smallest absolute Gasteiger partial charge is 0.214 e. The predicted octanol–water partition coefficient (Wildman–Crippen LogP) is 3.06. The molecule has 0 atom stereocenters. The Bertz CT molecular complexity index is 950. The molecule has 0 fully saturated rings. The summed E-state index contributed by atoms with van der Waals surface area (Å²) in [4.78, 5) is 33.6. The number of aromatic nitrogens is 2. The first-order valence-electron chi connectivity index (χ1n) is 6.31. The second kappa shape index (κ2) is 4.20. The van der Waals surface area contributed by atoms with Crippen molar-refractivity contribution >= 4 is 34.2 Å². The Morgan fingerprint density at radius 1 is 0.762 bits per heavy atom. The van der Waals surface area contributed by atoms with Crippen LogP contribution in [0.2, 0.25) is 5.02 Å². The summed E-state index contributed by atoms with van der Waals surface area (Å²) in [5.74, 6) is -0.556. The maximum Gasteiger partial charge on any atom is 0.214 e. The summed E-state index contributed by atoms with van der Waals surface area (Å²) in [5.41, 5.74) is 1.98. The molecule has 0 bridgehead atoms. The molecule has 21 heavy (non-hydrogen) atoms. The Labute approximate surface area is 124 Å². The van der Waals surface area contributed by atoms with E-state index in [9.17, 15) is 9.59 Å². The van der Waals surface area contributed by atoms with Crippen molar-refractivity contribution in [2.24, 2.45) is 0 Å². The van der Waals surface area contributed by atoms with E-state index in [1.54, 1.807) is 42.5 Å². The molecule has 4 rings (SSSR count). The van der Waals surface area contributed by atoms with Crippen LogP contribution in [0.5, 0.6) is 0 Å². The molecule has 0 radical (unpaired) electrons. The van der Waals surface area contributed by atoms with Crippen LogP contribution in [0, 0.1) is 0 Å². The summed E-state index contributed by atoms with van der Waals surface area (Å²) < 4.78 is 0. The van der Waals surface area contributed by atoms with Crippen LogP contribution in [0.1, 0.15) is 32.1 Å². The van der Waals surface area contributed by atoms with Gasteiger partial charge in [0.15, 0.2) is 0 Å². The number of rotatable bonds is 0. The highest BCUT2D eigenvalue weighted by Gasteiger charge is 2.32. The van der Waals surface area contributed by atoms with Gasteiger partial charge in [-0.05, 0) is 18.2 Å². The highest BCUT2D eigenvalue weighted by molar-refractivity contribution is 6.31. The molecule has 0 saturated heterocycles. The maximum atomic E-state index is 12.5. The lowest BCUT2D eigenvalue weighted by atomic mass is 9.89. The second-order valence-electron chi connectivity index (χ2n) is 4.76. The number of ketones is 2. The van der Waals surface area contributed by atoms with E-state index >= 15 is 0 Å². The molecule has 1 heterocycles. The zero-order valence-corrected chi connectivity index (χ0v) is 11.4. The summed E-state index contributed by atoms with van der Waals surface area (Å²) in [6.07, 6.45) is 0. The van der Waals surface area contributed by atoms with Crippen molar-refractivity contribution in [2.45, 2.75) is 0 Å². The molecule has 4 nitrogen and oxygen atoms in total. The van der Waals surface area contributed by atoms with Crippen molar-refractivity contribution in [3.63, 3.8) is 0 Å². The van der Waals surface area contributed by atoms with Gasteiger partial charge in [0, 0.05) is 16.1 Å². The Morgan fingerprint density at radius 2 is 1.33 bits per heavy atom. The van der Waals surface area contributed by atoms with Crippen molar-refractivity contribution in [1.29, 1.82) is 0 Å². The summed E-state index contributed by atoms with van der Waals surface area (Å²) >= 11 is 5.93. The standard InChI is InChI=1S/C16H7ClN2O2/c17-8-5-6-11-12(7-8)19-14-13(18-11)15(20)9-3-1-2-4-10(9)16(14)21/h1-7H. The van der Waals surface area contributed by atoms with Gasteiger partial charge in [-0.1, -0.05) is 35.9 Å². The molecule has 3 aromatic rings. The summed E-state index contributed by atoms with van der Waals surface area (Å²) in [7, 11) is 0. The minimum Gasteiger partial charge on any atom is -0.287 e. The highest BCUT2D eigenvalue weighted by atomic mass is 35.5. The van der Waals surface area contributed by atoms with Crippen LogP contribution in [0.4, 0.5) is 0 Å². The molecule has 0 aliphatic heterocycles. The normalized spacial score (nSPS) is 13.2. The van der Waals surface area contributed by atoms with Crippen LogP contribution in [0.25, 0.3) is 11.0 Å².